The van der Waals surface area contributed by atoms with Crippen LogP contribution < -0.4 is 0 Å². The molecule has 0 radical (unpaired) electrons. The molecule has 0 amide bonds. The SMILES string of the molecule is CC(C)CN1CCC(N(C2CN(C(c3ccc(Cl)cc3)c3ccc(Cl)cc3)C2)S(C)(=O)=O)CC1. The summed E-state index contributed by atoms with van der Waals surface area (Å²) in [5, 5.41) is 1.40. The zero-order valence-electron chi connectivity index (χ0n) is 20.2. The normalized spacial score (nSPS) is 19.3. The maximum atomic E-state index is 12.9. The molecule has 2 aliphatic heterocycles. The quantitative estimate of drug-likeness (QED) is 0.479. The lowest BCUT2D eigenvalue weighted by molar-refractivity contribution is 0.0232. The van der Waals surface area contributed by atoms with Crippen LogP contribution in [0.25, 0.3) is 0 Å². The van der Waals surface area contributed by atoms with Crippen molar-refractivity contribution in [1.29, 1.82) is 0 Å². The molecule has 34 heavy (non-hydrogen) atoms. The van der Waals surface area contributed by atoms with E-state index in [0.717, 1.165) is 43.6 Å². The fourth-order valence-corrected chi connectivity index (χ4v) is 7.16. The van der Waals surface area contributed by atoms with Crippen molar-refractivity contribution in [3.05, 3.63) is 69.7 Å². The lowest BCUT2D eigenvalue weighted by Gasteiger charge is -2.51. The van der Waals surface area contributed by atoms with E-state index in [-0.39, 0.29) is 18.1 Å². The van der Waals surface area contributed by atoms with Crippen molar-refractivity contribution in [1.82, 2.24) is 14.1 Å². The van der Waals surface area contributed by atoms with Gasteiger partial charge in [0, 0.05) is 35.7 Å². The number of benzene rings is 2. The largest absolute Gasteiger partial charge is 0.303 e. The van der Waals surface area contributed by atoms with E-state index in [4.69, 9.17) is 23.2 Å². The van der Waals surface area contributed by atoms with Gasteiger partial charge in [-0.2, -0.15) is 4.31 Å². The minimum absolute atomic E-state index is 0.00116. The standard InChI is InChI=1S/C26H35Cl2N3O2S/c1-19(2)16-29-14-12-24(13-15-29)31(34(3,32)33)25-17-30(18-25)26(20-4-8-22(27)9-5-20)21-6-10-23(28)11-7-21/h4-11,19,24-26H,12-18H2,1-3H3. The Bertz CT molecular complexity index is 1000. The number of piperidine rings is 1. The zero-order valence-corrected chi connectivity index (χ0v) is 22.5. The van der Waals surface area contributed by atoms with E-state index < -0.39 is 10.0 Å². The van der Waals surface area contributed by atoms with Gasteiger partial charge < -0.3 is 4.90 Å². The molecule has 2 saturated heterocycles. The van der Waals surface area contributed by atoms with E-state index in [9.17, 15) is 8.42 Å². The summed E-state index contributed by atoms with van der Waals surface area (Å²) in [5.74, 6) is 0.625. The van der Waals surface area contributed by atoms with Gasteiger partial charge in [0.2, 0.25) is 10.0 Å². The highest BCUT2D eigenvalue weighted by Crippen LogP contribution is 2.36. The van der Waals surface area contributed by atoms with Crippen molar-refractivity contribution >= 4 is 33.2 Å². The molecule has 5 nitrogen and oxygen atoms in total. The van der Waals surface area contributed by atoms with E-state index in [2.05, 4.69) is 23.6 Å². The van der Waals surface area contributed by atoms with Gasteiger partial charge in [-0.15, -0.1) is 0 Å². The highest BCUT2D eigenvalue weighted by molar-refractivity contribution is 7.88. The predicted octanol–water partition coefficient (Wildman–Crippen LogP) is 5.15. The molecule has 0 N–H and O–H groups in total. The number of halogens is 2. The van der Waals surface area contributed by atoms with Gasteiger partial charge in [0.05, 0.1) is 18.3 Å². The van der Waals surface area contributed by atoms with Gasteiger partial charge in [0.1, 0.15) is 0 Å². The first kappa shape index (κ1) is 25.9. The fraction of sp³-hybridized carbons (Fsp3) is 0.538. The van der Waals surface area contributed by atoms with E-state index in [0.29, 0.717) is 29.1 Å². The molecule has 0 saturated carbocycles. The van der Waals surface area contributed by atoms with Crippen molar-refractivity contribution in [2.45, 2.75) is 44.8 Å². The van der Waals surface area contributed by atoms with Crippen molar-refractivity contribution in [3.8, 4) is 0 Å². The van der Waals surface area contributed by atoms with Gasteiger partial charge in [0.25, 0.3) is 0 Å². The van der Waals surface area contributed by atoms with E-state index in [1.807, 2.05) is 52.8 Å². The average molecular weight is 525 g/mol. The molecule has 0 aromatic heterocycles. The zero-order chi connectivity index (χ0) is 24.5. The number of hydrogen-bond acceptors (Lipinski definition) is 4. The monoisotopic (exact) mass is 523 g/mol. The van der Waals surface area contributed by atoms with Crippen LogP contribution in [-0.2, 0) is 10.0 Å². The molecule has 186 valence electrons. The Balaban J connectivity index is 1.50. The molecule has 0 aliphatic carbocycles. The van der Waals surface area contributed by atoms with Crippen LogP contribution in [0.3, 0.4) is 0 Å². The summed E-state index contributed by atoms with van der Waals surface area (Å²) in [5.41, 5.74) is 2.27. The van der Waals surface area contributed by atoms with Gasteiger partial charge in [0.15, 0.2) is 0 Å². The van der Waals surface area contributed by atoms with Crippen LogP contribution in [0.2, 0.25) is 10.0 Å². The first-order chi connectivity index (χ1) is 16.1. The topological polar surface area (TPSA) is 43.9 Å². The van der Waals surface area contributed by atoms with E-state index in [1.165, 1.54) is 6.26 Å². The molecular weight excluding hydrogens is 489 g/mol. The van der Waals surface area contributed by atoms with Crippen molar-refractivity contribution in [2.75, 3.05) is 39.0 Å². The van der Waals surface area contributed by atoms with Crippen LogP contribution in [0.4, 0.5) is 0 Å². The molecule has 0 atom stereocenters. The molecule has 2 aromatic rings. The average Bonchev–Trinajstić information content (AvgIpc) is 2.74. The van der Waals surface area contributed by atoms with E-state index in [1.54, 1.807) is 0 Å². The molecule has 2 heterocycles. The van der Waals surface area contributed by atoms with Crippen molar-refractivity contribution < 1.29 is 8.42 Å². The van der Waals surface area contributed by atoms with Gasteiger partial charge in [-0.3, -0.25) is 4.90 Å². The van der Waals surface area contributed by atoms with Gasteiger partial charge in [-0.25, -0.2) is 8.42 Å². The smallest absolute Gasteiger partial charge is 0.211 e. The number of likely N-dealkylation sites (tertiary alicyclic amines) is 2. The molecule has 2 aliphatic rings. The first-order valence-corrected chi connectivity index (χ1v) is 14.7. The predicted molar refractivity (Wildman–Crippen MR) is 141 cm³/mol. The Morgan fingerprint density at radius 2 is 1.35 bits per heavy atom. The van der Waals surface area contributed by atoms with Crippen LogP contribution in [0.1, 0.15) is 43.9 Å². The second kappa shape index (κ2) is 10.9. The lowest BCUT2D eigenvalue weighted by Crippen LogP contribution is -2.64. The van der Waals surface area contributed by atoms with Gasteiger partial charge >= 0.3 is 0 Å². The first-order valence-electron chi connectivity index (χ1n) is 12.1. The number of hydrogen-bond donors (Lipinski definition) is 0. The molecule has 2 fully saturated rings. The second-order valence-electron chi connectivity index (χ2n) is 10.1. The summed E-state index contributed by atoms with van der Waals surface area (Å²) < 4.78 is 27.6. The van der Waals surface area contributed by atoms with Crippen LogP contribution in [0, 0.1) is 5.92 Å². The van der Waals surface area contributed by atoms with Gasteiger partial charge in [-0.05, 0) is 67.2 Å². The second-order valence-corrected chi connectivity index (χ2v) is 12.9. The third-order valence-corrected chi connectivity index (χ3v) is 8.78. The molecular formula is C26H35Cl2N3O2S. The summed E-state index contributed by atoms with van der Waals surface area (Å²) in [6.07, 6.45) is 3.16. The Hall–Kier alpha value is -1.15. The van der Waals surface area contributed by atoms with Gasteiger partial charge in [-0.1, -0.05) is 61.3 Å². The molecule has 8 heteroatoms. The third kappa shape index (κ3) is 6.15. The van der Waals surface area contributed by atoms with Crippen molar-refractivity contribution in [2.24, 2.45) is 5.92 Å². The minimum Gasteiger partial charge on any atom is -0.303 e. The Morgan fingerprint density at radius 1 is 0.882 bits per heavy atom. The highest BCUT2D eigenvalue weighted by atomic mass is 35.5. The van der Waals surface area contributed by atoms with E-state index >= 15 is 0 Å². The summed E-state index contributed by atoms with van der Waals surface area (Å²) in [4.78, 5) is 4.81. The summed E-state index contributed by atoms with van der Waals surface area (Å²) >= 11 is 12.3. The van der Waals surface area contributed by atoms with Crippen LogP contribution in [-0.4, -0.2) is 73.6 Å². The third-order valence-electron chi connectivity index (χ3n) is 6.91. The molecule has 0 spiro atoms. The number of nitrogens with zero attached hydrogens (tertiary/aromatic N) is 3. The lowest BCUT2D eigenvalue weighted by atomic mass is 9.92. The Morgan fingerprint density at radius 3 is 1.76 bits per heavy atom. The highest BCUT2D eigenvalue weighted by Gasteiger charge is 2.44. The summed E-state index contributed by atoms with van der Waals surface area (Å²) in [6.45, 7) is 8.87. The van der Waals surface area contributed by atoms with Crippen molar-refractivity contribution in [3.63, 3.8) is 0 Å². The minimum atomic E-state index is -3.30. The number of rotatable bonds is 8. The summed E-state index contributed by atoms with van der Waals surface area (Å²) in [7, 11) is -3.30. The molecule has 0 unspecified atom stereocenters. The van der Waals surface area contributed by atoms with Crippen LogP contribution in [0.15, 0.2) is 48.5 Å². The Labute approximate surface area is 214 Å². The number of sulfonamides is 1. The molecule has 4 rings (SSSR count). The maximum absolute atomic E-state index is 12.9. The Kier molecular flexibility index (Phi) is 8.28. The van der Waals surface area contributed by atoms with Crippen LogP contribution >= 0.6 is 23.2 Å². The molecule has 2 aromatic carbocycles. The van der Waals surface area contributed by atoms with Crippen LogP contribution in [0.5, 0.6) is 0 Å². The maximum Gasteiger partial charge on any atom is 0.211 e. The fourth-order valence-electron chi connectivity index (χ4n) is 5.48. The molecule has 0 bridgehead atoms. The summed E-state index contributed by atoms with van der Waals surface area (Å²) in [6, 6.07) is 15.9.